The number of aliphatic imine (C=N–C) groups is 1. The maximum atomic E-state index is 12.7. The van der Waals surface area contributed by atoms with E-state index in [2.05, 4.69) is 15.0 Å². The van der Waals surface area contributed by atoms with E-state index in [0.29, 0.717) is 38.7 Å². The van der Waals surface area contributed by atoms with Crippen LogP contribution in [-0.2, 0) is 10.0 Å². The Morgan fingerprint density at radius 3 is 2.20 bits per heavy atom. The third kappa shape index (κ3) is 8.26. The minimum absolute atomic E-state index is 0. The molecule has 1 aliphatic rings. The minimum atomic E-state index is -4.22. The molecule has 0 amide bonds. The van der Waals surface area contributed by atoms with Crippen LogP contribution in [0.15, 0.2) is 4.99 Å². The van der Waals surface area contributed by atoms with Crippen molar-refractivity contribution in [2.45, 2.75) is 26.1 Å². The van der Waals surface area contributed by atoms with Gasteiger partial charge < -0.3 is 10.2 Å². The van der Waals surface area contributed by atoms with E-state index in [1.54, 1.807) is 14.0 Å². The summed E-state index contributed by atoms with van der Waals surface area (Å²) in [6.07, 6.45) is -4.22. The first kappa shape index (κ1) is 24.7. The highest BCUT2D eigenvalue weighted by molar-refractivity contribution is 14.0. The number of nitrogens with one attached hydrogen (secondary N) is 2. The molecule has 1 unspecified atom stereocenters. The van der Waals surface area contributed by atoms with Crippen molar-refractivity contribution in [2.75, 3.05) is 52.1 Å². The van der Waals surface area contributed by atoms with Gasteiger partial charge in [-0.15, -0.1) is 24.0 Å². The standard InChI is InChI=1S/C13H26F3N5O2S.HI/c1-4-24(22,23)19-6-5-18-12(17-3)21-9-7-20(8-10-21)11(2)13(14,15)16;/h11,19H,4-10H2,1-3H3,(H,17,18);1H. The van der Waals surface area contributed by atoms with Crippen LogP contribution in [0.5, 0.6) is 0 Å². The van der Waals surface area contributed by atoms with Gasteiger partial charge in [0.25, 0.3) is 0 Å². The van der Waals surface area contributed by atoms with Gasteiger partial charge in [-0.1, -0.05) is 0 Å². The van der Waals surface area contributed by atoms with Gasteiger partial charge >= 0.3 is 6.18 Å². The Labute approximate surface area is 164 Å². The number of sulfonamides is 1. The molecule has 0 aromatic heterocycles. The van der Waals surface area contributed by atoms with Crippen LogP contribution < -0.4 is 10.0 Å². The molecule has 0 radical (unpaired) electrons. The molecule has 0 spiro atoms. The van der Waals surface area contributed by atoms with Crippen molar-refractivity contribution in [1.29, 1.82) is 0 Å². The number of halogens is 4. The molecule has 0 aromatic carbocycles. The lowest BCUT2D eigenvalue weighted by atomic mass is 10.2. The summed E-state index contributed by atoms with van der Waals surface area (Å²) in [6, 6.07) is -1.46. The zero-order valence-electron chi connectivity index (χ0n) is 14.6. The van der Waals surface area contributed by atoms with Crippen molar-refractivity contribution in [3.05, 3.63) is 0 Å². The topological polar surface area (TPSA) is 77.0 Å². The molecule has 0 aliphatic carbocycles. The van der Waals surface area contributed by atoms with Crippen LogP contribution in [0.4, 0.5) is 13.2 Å². The molecule has 1 heterocycles. The minimum Gasteiger partial charge on any atom is -0.355 e. The molecular weight excluding hydrogens is 474 g/mol. The van der Waals surface area contributed by atoms with Crippen molar-refractivity contribution in [2.24, 2.45) is 4.99 Å². The number of alkyl halides is 3. The van der Waals surface area contributed by atoms with Gasteiger partial charge in [0, 0.05) is 46.3 Å². The van der Waals surface area contributed by atoms with Gasteiger partial charge in [-0.25, -0.2) is 13.1 Å². The van der Waals surface area contributed by atoms with Crippen molar-refractivity contribution in [3.63, 3.8) is 0 Å². The molecule has 2 N–H and O–H groups in total. The molecule has 1 rings (SSSR count). The Bertz CT molecular complexity index is 522. The lowest BCUT2D eigenvalue weighted by Gasteiger charge is -2.39. The average Bonchev–Trinajstić information content (AvgIpc) is 2.53. The molecule has 1 fully saturated rings. The van der Waals surface area contributed by atoms with E-state index in [-0.39, 0.29) is 36.3 Å². The van der Waals surface area contributed by atoms with Gasteiger partial charge in [-0.3, -0.25) is 9.89 Å². The number of nitrogens with zero attached hydrogens (tertiary/aromatic N) is 3. The summed E-state index contributed by atoms with van der Waals surface area (Å²) < 4.78 is 63.3. The van der Waals surface area contributed by atoms with E-state index in [1.807, 2.05) is 4.90 Å². The van der Waals surface area contributed by atoms with Crippen molar-refractivity contribution >= 4 is 40.0 Å². The summed E-state index contributed by atoms with van der Waals surface area (Å²) in [6.45, 7) is 4.75. The fraction of sp³-hybridized carbons (Fsp3) is 0.923. The van der Waals surface area contributed by atoms with Crippen LogP contribution in [-0.4, -0.2) is 88.5 Å². The van der Waals surface area contributed by atoms with Gasteiger partial charge in [0.15, 0.2) is 5.96 Å². The molecule has 12 heteroatoms. The highest BCUT2D eigenvalue weighted by atomic mass is 127. The molecular formula is C13H27F3IN5O2S. The fourth-order valence-corrected chi connectivity index (χ4v) is 2.96. The Kier molecular flexibility index (Phi) is 10.6. The Hall–Kier alpha value is -0.340. The predicted octanol–water partition coefficient (Wildman–Crippen LogP) is 0.688. The second kappa shape index (κ2) is 10.7. The van der Waals surface area contributed by atoms with Crippen LogP contribution in [0.25, 0.3) is 0 Å². The monoisotopic (exact) mass is 501 g/mol. The largest absolute Gasteiger partial charge is 0.403 e. The first-order valence-electron chi connectivity index (χ1n) is 7.84. The molecule has 0 saturated carbocycles. The molecule has 25 heavy (non-hydrogen) atoms. The van der Waals surface area contributed by atoms with Crippen molar-refractivity contribution < 1.29 is 21.6 Å². The highest BCUT2D eigenvalue weighted by Crippen LogP contribution is 2.25. The highest BCUT2D eigenvalue weighted by Gasteiger charge is 2.41. The van der Waals surface area contributed by atoms with Crippen LogP contribution in [0.2, 0.25) is 0 Å². The van der Waals surface area contributed by atoms with Crippen molar-refractivity contribution in [1.82, 2.24) is 19.8 Å². The summed E-state index contributed by atoms with van der Waals surface area (Å²) in [4.78, 5) is 7.37. The van der Waals surface area contributed by atoms with Gasteiger partial charge in [0.1, 0.15) is 6.04 Å². The van der Waals surface area contributed by atoms with Gasteiger partial charge in [0.2, 0.25) is 10.0 Å². The first-order valence-corrected chi connectivity index (χ1v) is 9.49. The molecule has 7 nitrogen and oxygen atoms in total. The lowest BCUT2D eigenvalue weighted by molar-refractivity contribution is -0.181. The lowest BCUT2D eigenvalue weighted by Crippen LogP contribution is -2.57. The Morgan fingerprint density at radius 2 is 1.76 bits per heavy atom. The van der Waals surface area contributed by atoms with Gasteiger partial charge in [-0.2, -0.15) is 13.2 Å². The smallest absolute Gasteiger partial charge is 0.355 e. The quantitative estimate of drug-likeness (QED) is 0.243. The summed E-state index contributed by atoms with van der Waals surface area (Å²) in [7, 11) is -1.65. The average molecular weight is 501 g/mol. The van der Waals surface area contributed by atoms with E-state index in [4.69, 9.17) is 0 Å². The van der Waals surface area contributed by atoms with Gasteiger partial charge in [-0.05, 0) is 13.8 Å². The number of rotatable bonds is 6. The summed E-state index contributed by atoms with van der Waals surface area (Å²) in [5.41, 5.74) is 0. The molecule has 1 atom stereocenters. The van der Waals surface area contributed by atoms with E-state index in [9.17, 15) is 21.6 Å². The fourth-order valence-electron chi connectivity index (χ4n) is 2.34. The second-order valence-corrected chi connectivity index (χ2v) is 7.61. The zero-order valence-corrected chi connectivity index (χ0v) is 17.8. The zero-order chi connectivity index (χ0) is 18.4. The predicted molar refractivity (Wildman–Crippen MR) is 103 cm³/mol. The van der Waals surface area contributed by atoms with Crippen LogP contribution >= 0.6 is 24.0 Å². The van der Waals surface area contributed by atoms with E-state index in [0.717, 1.165) is 0 Å². The number of piperazine rings is 1. The van der Waals surface area contributed by atoms with E-state index in [1.165, 1.54) is 11.8 Å². The van der Waals surface area contributed by atoms with E-state index >= 15 is 0 Å². The van der Waals surface area contributed by atoms with Crippen LogP contribution in [0.3, 0.4) is 0 Å². The van der Waals surface area contributed by atoms with Crippen LogP contribution in [0.1, 0.15) is 13.8 Å². The summed E-state index contributed by atoms with van der Waals surface area (Å²) in [5.74, 6) is 0.575. The maximum absolute atomic E-state index is 12.7. The summed E-state index contributed by atoms with van der Waals surface area (Å²) in [5, 5.41) is 3.02. The molecule has 0 bridgehead atoms. The normalized spacial score (nSPS) is 18.6. The first-order chi connectivity index (χ1) is 11.1. The number of guanidine groups is 1. The number of hydrogen-bond acceptors (Lipinski definition) is 4. The van der Waals surface area contributed by atoms with Crippen molar-refractivity contribution in [3.8, 4) is 0 Å². The third-order valence-electron chi connectivity index (χ3n) is 3.96. The van der Waals surface area contributed by atoms with Crippen LogP contribution in [0, 0.1) is 0 Å². The van der Waals surface area contributed by atoms with Gasteiger partial charge in [0.05, 0.1) is 5.75 Å². The second-order valence-electron chi connectivity index (χ2n) is 5.51. The van der Waals surface area contributed by atoms with E-state index < -0.39 is 22.2 Å². The summed E-state index contributed by atoms with van der Waals surface area (Å²) >= 11 is 0. The Balaban J connectivity index is 0.00000576. The molecule has 0 aromatic rings. The third-order valence-corrected chi connectivity index (χ3v) is 5.36. The molecule has 1 saturated heterocycles. The molecule has 150 valence electrons. The number of hydrogen-bond donors (Lipinski definition) is 2. The maximum Gasteiger partial charge on any atom is 0.403 e. The molecule has 1 aliphatic heterocycles. The Morgan fingerprint density at radius 1 is 1.20 bits per heavy atom. The SMILES string of the molecule is CCS(=O)(=O)NCCNC(=NC)N1CCN(C(C)C(F)(F)F)CC1.I.